The third-order valence-corrected chi connectivity index (χ3v) is 5.50. The largest absolute Gasteiger partial charge is 0.461 e. The van der Waals surface area contributed by atoms with E-state index in [-0.39, 0.29) is 11.9 Å². The number of rotatable bonds is 5. The van der Waals surface area contributed by atoms with Gasteiger partial charge in [0.25, 0.3) is 5.91 Å². The second-order valence-corrected chi connectivity index (χ2v) is 7.45. The minimum Gasteiger partial charge on any atom is -0.461 e. The van der Waals surface area contributed by atoms with Gasteiger partial charge in [-0.1, -0.05) is 0 Å². The SMILES string of the molecule is Cc1nc(-c2ccco2)nc2sc(C(=O)NC(C)Cn3cccn3)c(C)c12. The lowest BCUT2D eigenvalue weighted by atomic mass is 10.1. The number of carbonyl (C=O) groups excluding carboxylic acids is 1. The van der Waals surface area contributed by atoms with Crippen molar-refractivity contribution in [2.45, 2.75) is 33.4 Å². The Labute approximate surface area is 160 Å². The molecule has 0 saturated carbocycles. The molecule has 4 aromatic rings. The Hall–Kier alpha value is -3.00. The van der Waals surface area contributed by atoms with Gasteiger partial charge in [-0.05, 0) is 44.5 Å². The number of hydrogen-bond donors (Lipinski definition) is 1. The Kier molecular flexibility index (Phi) is 4.49. The Morgan fingerprint density at radius 3 is 2.89 bits per heavy atom. The molecule has 0 aliphatic rings. The van der Waals surface area contributed by atoms with Gasteiger partial charge in [0.2, 0.25) is 0 Å². The lowest BCUT2D eigenvalue weighted by Crippen LogP contribution is -2.35. The van der Waals surface area contributed by atoms with Crippen molar-refractivity contribution in [2.24, 2.45) is 0 Å². The van der Waals surface area contributed by atoms with Crippen molar-refractivity contribution < 1.29 is 9.21 Å². The number of furan rings is 1. The van der Waals surface area contributed by atoms with Gasteiger partial charge in [0.1, 0.15) is 4.83 Å². The van der Waals surface area contributed by atoms with Crippen molar-refractivity contribution >= 4 is 27.5 Å². The van der Waals surface area contributed by atoms with Gasteiger partial charge in [-0.25, -0.2) is 9.97 Å². The Morgan fingerprint density at radius 1 is 1.33 bits per heavy atom. The van der Waals surface area contributed by atoms with Crippen LogP contribution in [0.1, 0.15) is 27.9 Å². The molecule has 8 heteroatoms. The van der Waals surface area contributed by atoms with E-state index < -0.39 is 0 Å². The van der Waals surface area contributed by atoms with E-state index in [0.717, 1.165) is 21.5 Å². The summed E-state index contributed by atoms with van der Waals surface area (Å²) in [6.07, 6.45) is 5.20. The molecule has 0 radical (unpaired) electrons. The summed E-state index contributed by atoms with van der Waals surface area (Å²) < 4.78 is 7.20. The molecule has 0 aliphatic carbocycles. The van der Waals surface area contributed by atoms with Crippen LogP contribution in [-0.4, -0.2) is 31.7 Å². The first-order chi connectivity index (χ1) is 13.0. The highest BCUT2D eigenvalue weighted by atomic mass is 32.1. The highest BCUT2D eigenvalue weighted by molar-refractivity contribution is 7.20. The van der Waals surface area contributed by atoms with Crippen LogP contribution in [0.3, 0.4) is 0 Å². The highest BCUT2D eigenvalue weighted by Gasteiger charge is 2.21. The van der Waals surface area contributed by atoms with Crippen LogP contribution in [0.5, 0.6) is 0 Å². The zero-order valence-corrected chi connectivity index (χ0v) is 16.1. The molecule has 0 fully saturated rings. The average molecular weight is 381 g/mol. The van der Waals surface area contributed by atoms with Crippen molar-refractivity contribution in [1.29, 1.82) is 0 Å². The van der Waals surface area contributed by atoms with Crippen LogP contribution in [0.4, 0.5) is 0 Å². The molecule has 1 unspecified atom stereocenters. The number of fused-ring (bicyclic) bond motifs is 1. The van der Waals surface area contributed by atoms with Crippen LogP contribution in [0.15, 0.2) is 41.3 Å². The van der Waals surface area contributed by atoms with Crippen LogP contribution in [0.25, 0.3) is 21.8 Å². The maximum Gasteiger partial charge on any atom is 0.261 e. The smallest absolute Gasteiger partial charge is 0.261 e. The topological polar surface area (TPSA) is 85.8 Å². The van der Waals surface area contributed by atoms with Crippen LogP contribution in [0, 0.1) is 13.8 Å². The number of aromatic nitrogens is 4. The van der Waals surface area contributed by atoms with Gasteiger partial charge in [-0.15, -0.1) is 11.3 Å². The van der Waals surface area contributed by atoms with Crippen molar-refractivity contribution in [3.63, 3.8) is 0 Å². The Morgan fingerprint density at radius 2 is 2.19 bits per heavy atom. The molecular formula is C19H19N5O2S. The summed E-state index contributed by atoms with van der Waals surface area (Å²) in [4.78, 5) is 23.4. The van der Waals surface area contributed by atoms with E-state index in [0.29, 0.717) is 23.0 Å². The number of nitrogens with zero attached hydrogens (tertiary/aromatic N) is 4. The Bertz CT molecular complexity index is 1080. The maximum absolute atomic E-state index is 12.8. The van der Waals surface area contributed by atoms with E-state index in [2.05, 4.69) is 20.4 Å². The fourth-order valence-electron chi connectivity index (χ4n) is 3.10. The quantitative estimate of drug-likeness (QED) is 0.571. The first-order valence-corrected chi connectivity index (χ1v) is 9.44. The molecule has 1 atom stereocenters. The molecule has 1 amide bonds. The lowest BCUT2D eigenvalue weighted by molar-refractivity contribution is 0.0939. The summed E-state index contributed by atoms with van der Waals surface area (Å²) >= 11 is 1.38. The van der Waals surface area contributed by atoms with E-state index in [9.17, 15) is 4.79 Å². The first-order valence-electron chi connectivity index (χ1n) is 8.63. The van der Waals surface area contributed by atoms with Gasteiger partial charge >= 0.3 is 0 Å². The highest BCUT2D eigenvalue weighted by Crippen LogP contribution is 2.33. The lowest BCUT2D eigenvalue weighted by Gasteiger charge is -2.13. The van der Waals surface area contributed by atoms with Gasteiger partial charge < -0.3 is 9.73 Å². The molecule has 4 rings (SSSR count). The number of amides is 1. The molecule has 4 heterocycles. The van der Waals surface area contributed by atoms with Gasteiger partial charge in [-0.2, -0.15) is 5.10 Å². The van der Waals surface area contributed by atoms with Crippen LogP contribution in [0.2, 0.25) is 0 Å². The number of carbonyl (C=O) groups is 1. The summed E-state index contributed by atoms with van der Waals surface area (Å²) in [7, 11) is 0. The van der Waals surface area contributed by atoms with Crippen molar-refractivity contribution in [3.8, 4) is 11.6 Å². The number of hydrogen-bond acceptors (Lipinski definition) is 6. The summed E-state index contributed by atoms with van der Waals surface area (Å²) in [5.74, 6) is 1.05. The second-order valence-electron chi connectivity index (χ2n) is 6.45. The molecule has 4 aromatic heterocycles. The predicted molar refractivity (Wildman–Crippen MR) is 104 cm³/mol. The normalized spacial score (nSPS) is 12.4. The van der Waals surface area contributed by atoms with Gasteiger partial charge in [0.15, 0.2) is 11.6 Å². The van der Waals surface area contributed by atoms with E-state index >= 15 is 0 Å². The van der Waals surface area contributed by atoms with Gasteiger partial charge in [0.05, 0.1) is 23.4 Å². The molecule has 0 bridgehead atoms. The molecule has 0 spiro atoms. The molecule has 0 saturated heterocycles. The zero-order chi connectivity index (χ0) is 19.0. The molecule has 1 N–H and O–H groups in total. The zero-order valence-electron chi connectivity index (χ0n) is 15.3. The minimum atomic E-state index is -0.103. The summed E-state index contributed by atoms with van der Waals surface area (Å²) in [5.41, 5.74) is 1.74. The standard InChI is InChI=1S/C19H19N5O2S/c1-11(10-24-8-5-7-20-24)21-18(25)16-12(2)15-13(3)22-17(23-19(15)27-16)14-6-4-9-26-14/h4-9,11H,10H2,1-3H3,(H,21,25). The van der Waals surface area contributed by atoms with Gasteiger partial charge in [-0.3, -0.25) is 9.48 Å². The van der Waals surface area contributed by atoms with Crippen molar-refractivity contribution in [3.05, 3.63) is 53.0 Å². The fourth-order valence-corrected chi connectivity index (χ4v) is 4.23. The predicted octanol–water partition coefficient (Wildman–Crippen LogP) is 3.58. The van der Waals surface area contributed by atoms with E-state index in [1.54, 1.807) is 23.2 Å². The van der Waals surface area contributed by atoms with Crippen molar-refractivity contribution in [1.82, 2.24) is 25.1 Å². The van der Waals surface area contributed by atoms with E-state index in [1.165, 1.54) is 11.3 Å². The third-order valence-electron chi connectivity index (χ3n) is 4.32. The molecule has 0 aliphatic heterocycles. The number of aryl methyl sites for hydroxylation is 2. The molecule has 27 heavy (non-hydrogen) atoms. The van der Waals surface area contributed by atoms with Crippen LogP contribution < -0.4 is 5.32 Å². The summed E-state index contributed by atoms with van der Waals surface area (Å²) in [5, 5.41) is 8.15. The van der Waals surface area contributed by atoms with E-state index in [1.807, 2.05) is 39.1 Å². The monoisotopic (exact) mass is 381 g/mol. The third kappa shape index (κ3) is 3.35. The molecule has 138 valence electrons. The maximum atomic E-state index is 12.8. The van der Waals surface area contributed by atoms with Crippen LogP contribution >= 0.6 is 11.3 Å². The number of nitrogens with one attached hydrogen (secondary N) is 1. The average Bonchev–Trinajstić information content (AvgIpc) is 3.35. The van der Waals surface area contributed by atoms with Crippen molar-refractivity contribution in [2.75, 3.05) is 0 Å². The van der Waals surface area contributed by atoms with Gasteiger partial charge in [0, 0.05) is 23.8 Å². The van der Waals surface area contributed by atoms with Crippen LogP contribution in [-0.2, 0) is 6.54 Å². The molecule has 0 aromatic carbocycles. The summed E-state index contributed by atoms with van der Waals surface area (Å²) in [6, 6.07) is 5.44. The second kappa shape index (κ2) is 6.96. The fraction of sp³-hybridized carbons (Fsp3) is 0.263. The minimum absolute atomic E-state index is 0.0483. The molecular weight excluding hydrogens is 362 g/mol. The molecule has 7 nitrogen and oxygen atoms in total. The summed E-state index contributed by atoms with van der Waals surface area (Å²) in [6.45, 7) is 6.44. The first kappa shape index (κ1) is 17.4. The Balaban J connectivity index is 1.62. The van der Waals surface area contributed by atoms with E-state index in [4.69, 9.17) is 4.42 Å². The number of thiophene rings is 1.